The minimum atomic E-state index is -0.245. The predicted molar refractivity (Wildman–Crippen MR) is 83.0 cm³/mol. The van der Waals surface area contributed by atoms with Crippen molar-refractivity contribution in [1.29, 1.82) is 0 Å². The molecule has 0 fully saturated rings. The van der Waals surface area contributed by atoms with Gasteiger partial charge in [0.15, 0.2) is 5.76 Å². The first-order valence-electron chi connectivity index (χ1n) is 7.64. The zero-order chi connectivity index (χ0) is 15.7. The molecular formula is C17H20N2O3. The topological polar surface area (TPSA) is 75.4 Å². The van der Waals surface area contributed by atoms with Gasteiger partial charge in [-0.15, -0.1) is 0 Å². The summed E-state index contributed by atoms with van der Waals surface area (Å²) in [5.41, 5.74) is 2.45. The number of phenols is 1. The number of aromatic hydroxyl groups is 1. The van der Waals surface area contributed by atoms with Crippen molar-refractivity contribution in [2.75, 3.05) is 5.32 Å². The van der Waals surface area contributed by atoms with Gasteiger partial charge in [0.25, 0.3) is 0 Å². The molecular weight excluding hydrogens is 280 g/mol. The van der Waals surface area contributed by atoms with Gasteiger partial charge in [0.1, 0.15) is 11.4 Å². The SMILES string of the molecule is CC(C)c1oncc1NC(=O)[C@@H]1CCCc2c(O)cccc21. The van der Waals surface area contributed by atoms with Crippen LogP contribution in [0.4, 0.5) is 5.69 Å². The van der Waals surface area contributed by atoms with Crippen LogP contribution in [-0.2, 0) is 11.2 Å². The maximum atomic E-state index is 12.7. The zero-order valence-corrected chi connectivity index (χ0v) is 12.8. The monoisotopic (exact) mass is 300 g/mol. The van der Waals surface area contributed by atoms with Gasteiger partial charge in [0, 0.05) is 5.92 Å². The van der Waals surface area contributed by atoms with Crippen LogP contribution < -0.4 is 5.32 Å². The van der Waals surface area contributed by atoms with Crippen LogP contribution in [0.1, 0.15) is 55.4 Å². The smallest absolute Gasteiger partial charge is 0.232 e. The third-order valence-electron chi connectivity index (χ3n) is 4.18. The van der Waals surface area contributed by atoms with E-state index in [0.717, 1.165) is 30.4 Å². The van der Waals surface area contributed by atoms with Gasteiger partial charge in [-0.1, -0.05) is 31.1 Å². The lowest BCUT2D eigenvalue weighted by Gasteiger charge is -2.25. The van der Waals surface area contributed by atoms with Crippen molar-refractivity contribution >= 4 is 11.6 Å². The molecule has 0 bridgehead atoms. The fourth-order valence-electron chi connectivity index (χ4n) is 3.08. The third-order valence-corrected chi connectivity index (χ3v) is 4.18. The van der Waals surface area contributed by atoms with E-state index in [0.29, 0.717) is 11.4 Å². The number of amides is 1. The number of carbonyl (C=O) groups excluding carboxylic acids is 1. The van der Waals surface area contributed by atoms with E-state index >= 15 is 0 Å². The minimum absolute atomic E-state index is 0.0725. The Bertz CT molecular complexity index is 691. The Balaban J connectivity index is 1.85. The molecule has 1 amide bonds. The molecule has 0 aliphatic heterocycles. The summed E-state index contributed by atoms with van der Waals surface area (Å²) in [5, 5.41) is 16.7. The summed E-state index contributed by atoms with van der Waals surface area (Å²) >= 11 is 0. The second-order valence-electron chi connectivity index (χ2n) is 6.04. The molecule has 1 aliphatic carbocycles. The van der Waals surface area contributed by atoms with Crippen LogP contribution in [0.25, 0.3) is 0 Å². The Morgan fingerprint density at radius 1 is 1.45 bits per heavy atom. The minimum Gasteiger partial charge on any atom is -0.508 e. The van der Waals surface area contributed by atoms with Crippen LogP contribution in [0, 0.1) is 0 Å². The van der Waals surface area contributed by atoms with E-state index in [9.17, 15) is 9.90 Å². The Labute approximate surface area is 129 Å². The number of nitrogens with one attached hydrogen (secondary N) is 1. The summed E-state index contributed by atoms with van der Waals surface area (Å²) in [7, 11) is 0. The van der Waals surface area contributed by atoms with Crippen LogP contribution in [-0.4, -0.2) is 16.2 Å². The standard InChI is InChI=1S/C17H20N2O3/c1-10(2)16-14(9-18-22-16)19-17(21)13-7-3-6-12-11(13)5-4-8-15(12)20/h4-5,8-10,13,20H,3,6-7H2,1-2H3,(H,19,21)/t13-/m1/s1. The first-order chi connectivity index (χ1) is 10.6. The van der Waals surface area contributed by atoms with Gasteiger partial charge in [-0.2, -0.15) is 0 Å². The fourth-order valence-corrected chi connectivity index (χ4v) is 3.08. The Kier molecular flexibility index (Phi) is 3.88. The number of hydrogen-bond acceptors (Lipinski definition) is 4. The normalized spacial score (nSPS) is 17.3. The Morgan fingerprint density at radius 2 is 2.27 bits per heavy atom. The molecule has 0 saturated heterocycles. The van der Waals surface area contributed by atoms with Crippen molar-refractivity contribution in [1.82, 2.24) is 5.16 Å². The van der Waals surface area contributed by atoms with E-state index in [1.807, 2.05) is 19.9 Å². The molecule has 5 heteroatoms. The first kappa shape index (κ1) is 14.6. The molecule has 0 radical (unpaired) electrons. The van der Waals surface area contributed by atoms with Crippen molar-refractivity contribution in [2.24, 2.45) is 0 Å². The molecule has 0 saturated carbocycles. The highest BCUT2D eigenvalue weighted by Crippen LogP contribution is 2.37. The van der Waals surface area contributed by atoms with E-state index in [1.54, 1.807) is 18.3 Å². The number of carbonyl (C=O) groups is 1. The molecule has 5 nitrogen and oxygen atoms in total. The molecule has 116 valence electrons. The van der Waals surface area contributed by atoms with E-state index in [2.05, 4.69) is 10.5 Å². The molecule has 1 heterocycles. The van der Waals surface area contributed by atoms with Gasteiger partial charge < -0.3 is 14.9 Å². The summed E-state index contributed by atoms with van der Waals surface area (Å²) in [4.78, 5) is 12.7. The lowest BCUT2D eigenvalue weighted by atomic mass is 9.82. The highest BCUT2D eigenvalue weighted by molar-refractivity contribution is 5.96. The summed E-state index contributed by atoms with van der Waals surface area (Å²) in [6.45, 7) is 3.98. The van der Waals surface area contributed by atoms with E-state index in [1.165, 1.54) is 0 Å². The lowest BCUT2D eigenvalue weighted by Crippen LogP contribution is -2.25. The number of rotatable bonds is 3. The average molecular weight is 300 g/mol. The van der Waals surface area contributed by atoms with Gasteiger partial charge in [0.05, 0.1) is 12.1 Å². The lowest BCUT2D eigenvalue weighted by molar-refractivity contribution is -0.117. The van der Waals surface area contributed by atoms with Crippen molar-refractivity contribution in [2.45, 2.75) is 44.9 Å². The Hall–Kier alpha value is -2.30. The van der Waals surface area contributed by atoms with Gasteiger partial charge in [0.2, 0.25) is 5.91 Å². The molecule has 3 rings (SSSR count). The molecule has 1 aromatic heterocycles. The number of nitrogens with zero attached hydrogens (tertiary/aromatic N) is 1. The van der Waals surface area contributed by atoms with Crippen LogP contribution in [0.2, 0.25) is 0 Å². The number of aromatic nitrogens is 1. The van der Waals surface area contributed by atoms with Gasteiger partial charge in [-0.25, -0.2) is 0 Å². The number of phenolic OH excluding ortho intramolecular Hbond substituents is 1. The average Bonchev–Trinajstić information content (AvgIpc) is 2.95. The van der Waals surface area contributed by atoms with Crippen LogP contribution in [0.3, 0.4) is 0 Å². The Morgan fingerprint density at radius 3 is 3.05 bits per heavy atom. The quantitative estimate of drug-likeness (QED) is 0.908. The summed E-state index contributed by atoms with van der Waals surface area (Å²) in [6.07, 6.45) is 4.03. The third kappa shape index (κ3) is 2.58. The van der Waals surface area contributed by atoms with Crippen LogP contribution in [0.15, 0.2) is 28.9 Å². The maximum Gasteiger partial charge on any atom is 0.232 e. The summed E-state index contributed by atoms with van der Waals surface area (Å²) < 4.78 is 5.20. The van der Waals surface area contributed by atoms with Crippen LogP contribution in [0.5, 0.6) is 5.75 Å². The van der Waals surface area contributed by atoms with Crippen molar-refractivity contribution in [3.63, 3.8) is 0 Å². The molecule has 1 aromatic carbocycles. The number of benzene rings is 1. The fraction of sp³-hybridized carbons (Fsp3) is 0.412. The second-order valence-corrected chi connectivity index (χ2v) is 6.04. The highest BCUT2D eigenvalue weighted by Gasteiger charge is 2.29. The van der Waals surface area contributed by atoms with E-state index < -0.39 is 0 Å². The summed E-state index contributed by atoms with van der Waals surface area (Å²) in [6, 6.07) is 5.39. The van der Waals surface area contributed by atoms with Crippen LogP contribution >= 0.6 is 0 Å². The molecule has 0 unspecified atom stereocenters. The van der Waals surface area contributed by atoms with E-state index in [4.69, 9.17) is 4.52 Å². The largest absolute Gasteiger partial charge is 0.508 e. The van der Waals surface area contributed by atoms with Crippen molar-refractivity contribution in [3.8, 4) is 5.75 Å². The molecule has 1 atom stereocenters. The molecule has 0 spiro atoms. The van der Waals surface area contributed by atoms with Gasteiger partial charge in [-0.05, 0) is 36.5 Å². The van der Waals surface area contributed by atoms with Crippen molar-refractivity contribution in [3.05, 3.63) is 41.3 Å². The van der Waals surface area contributed by atoms with E-state index in [-0.39, 0.29) is 23.5 Å². The zero-order valence-electron chi connectivity index (χ0n) is 12.8. The van der Waals surface area contributed by atoms with Gasteiger partial charge >= 0.3 is 0 Å². The number of fused-ring (bicyclic) bond motifs is 1. The number of hydrogen-bond donors (Lipinski definition) is 2. The number of anilines is 1. The molecule has 2 N–H and O–H groups in total. The molecule has 1 aliphatic rings. The molecule has 2 aromatic rings. The molecule has 22 heavy (non-hydrogen) atoms. The summed E-state index contributed by atoms with van der Waals surface area (Å²) in [5.74, 6) is 0.797. The first-order valence-corrected chi connectivity index (χ1v) is 7.64. The highest BCUT2D eigenvalue weighted by atomic mass is 16.5. The van der Waals surface area contributed by atoms with Gasteiger partial charge in [-0.3, -0.25) is 4.79 Å². The predicted octanol–water partition coefficient (Wildman–Crippen LogP) is 3.56. The maximum absolute atomic E-state index is 12.7. The van der Waals surface area contributed by atoms with Crippen molar-refractivity contribution < 1.29 is 14.4 Å². The second kappa shape index (κ2) is 5.83.